The quantitative estimate of drug-likeness (QED) is 0.371. The van der Waals surface area contributed by atoms with E-state index < -0.39 is 10.0 Å². The third-order valence-corrected chi connectivity index (χ3v) is 7.07. The van der Waals surface area contributed by atoms with E-state index in [9.17, 15) is 8.42 Å². The minimum atomic E-state index is -3.32. The molecule has 0 radical (unpaired) electrons. The lowest BCUT2D eigenvalue weighted by atomic mass is 10.2. The van der Waals surface area contributed by atoms with Gasteiger partial charge in [0, 0.05) is 11.0 Å². The maximum Gasteiger partial charge on any atom is 0.251 e. The second kappa shape index (κ2) is 8.08. The highest BCUT2D eigenvalue weighted by Crippen LogP contribution is 2.27. The van der Waals surface area contributed by atoms with Gasteiger partial charge in [0.1, 0.15) is 4.21 Å². The number of halogens is 2. The van der Waals surface area contributed by atoms with Gasteiger partial charge in [0.2, 0.25) is 0 Å². The molecule has 0 unspecified atom stereocenters. The van der Waals surface area contributed by atoms with Crippen LogP contribution >= 0.6 is 49.9 Å². The van der Waals surface area contributed by atoms with Crippen molar-refractivity contribution in [3.63, 3.8) is 0 Å². The lowest BCUT2D eigenvalue weighted by Gasteiger charge is -2.05. The number of hydrogen-bond acceptors (Lipinski definition) is 3. The van der Waals surface area contributed by atoms with E-state index in [1.54, 1.807) is 11.4 Å². The van der Waals surface area contributed by atoms with Gasteiger partial charge in [0.25, 0.3) is 10.0 Å². The molecule has 0 saturated heterocycles. The van der Waals surface area contributed by atoms with Gasteiger partial charge < -0.3 is 0 Å². The van der Waals surface area contributed by atoms with Gasteiger partial charge in [-0.15, -0.1) is 11.3 Å². The number of thiophene rings is 1. The molecule has 17 heavy (non-hydrogen) atoms. The van der Waals surface area contributed by atoms with Gasteiger partial charge in [-0.1, -0.05) is 35.4 Å². The number of hydrogen-bond donors (Lipinski definition) is 1. The molecule has 0 aromatic carbocycles. The van der Waals surface area contributed by atoms with Crippen LogP contribution in [0.15, 0.2) is 20.1 Å². The van der Waals surface area contributed by atoms with Crippen LogP contribution in [0.1, 0.15) is 25.7 Å². The van der Waals surface area contributed by atoms with Gasteiger partial charge in [-0.2, -0.15) is 0 Å². The second-order valence-electron chi connectivity index (χ2n) is 3.56. The molecule has 0 atom stereocenters. The topological polar surface area (TPSA) is 46.2 Å². The second-order valence-corrected chi connectivity index (χ2v) is 8.37. The summed E-state index contributed by atoms with van der Waals surface area (Å²) in [4.78, 5) is 0. The Bertz CT molecular complexity index is 433. The average Bonchev–Trinajstić information content (AvgIpc) is 2.70. The molecule has 1 aromatic rings. The predicted octanol–water partition coefficient (Wildman–Crippen LogP) is 3.78. The highest BCUT2D eigenvalue weighted by Gasteiger charge is 2.17. The number of nitrogens with one attached hydrogen (secondary N) is 1. The molecule has 1 heterocycles. The van der Waals surface area contributed by atoms with Crippen molar-refractivity contribution in [3.05, 3.63) is 15.9 Å². The Morgan fingerprint density at radius 1 is 1.29 bits per heavy atom. The van der Waals surface area contributed by atoms with Gasteiger partial charge in [0.15, 0.2) is 0 Å². The molecule has 0 fully saturated rings. The summed E-state index contributed by atoms with van der Waals surface area (Å²) in [5, 5.41) is 1.76. The summed E-state index contributed by atoms with van der Waals surface area (Å²) in [6.45, 7) is 0.522. The molecule has 1 aromatic heterocycles. The van der Waals surface area contributed by atoms with Crippen LogP contribution in [0, 0.1) is 0 Å². The summed E-state index contributed by atoms with van der Waals surface area (Å²) in [7, 11) is -3.32. The molecule has 0 saturated carbocycles. The standard InChI is InChI=1S/C10H15BrINO2S2/c11-9-5-8-16-10(9)17(14,15)13-7-4-2-1-3-6-12/h5,8,13H,1-4,6-7H2. The normalized spacial score (nSPS) is 11.9. The molecule has 0 bridgehead atoms. The van der Waals surface area contributed by atoms with Crippen LogP contribution in [0.2, 0.25) is 0 Å². The van der Waals surface area contributed by atoms with Crippen molar-refractivity contribution in [1.29, 1.82) is 0 Å². The van der Waals surface area contributed by atoms with Crippen molar-refractivity contribution in [2.45, 2.75) is 29.9 Å². The van der Waals surface area contributed by atoms with E-state index in [1.165, 1.54) is 28.6 Å². The number of rotatable bonds is 8. The van der Waals surface area contributed by atoms with Crippen molar-refractivity contribution in [2.24, 2.45) is 0 Å². The van der Waals surface area contributed by atoms with Crippen molar-refractivity contribution in [1.82, 2.24) is 4.72 Å². The number of alkyl halides is 1. The van der Waals surface area contributed by atoms with E-state index in [2.05, 4.69) is 43.2 Å². The maximum atomic E-state index is 11.9. The lowest BCUT2D eigenvalue weighted by molar-refractivity contribution is 0.575. The molecule has 0 aliphatic rings. The lowest BCUT2D eigenvalue weighted by Crippen LogP contribution is -2.24. The maximum absolute atomic E-state index is 11.9. The van der Waals surface area contributed by atoms with E-state index in [0.29, 0.717) is 15.2 Å². The van der Waals surface area contributed by atoms with E-state index in [0.717, 1.165) is 12.8 Å². The highest BCUT2D eigenvalue weighted by atomic mass is 127. The molecule has 98 valence electrons. The highest BCUT2D eigenvalue weighted by molar-refractivity contribution is 14.1. The molecular formula is C10H15BrINO2S2. The Balaban J connectivity index is 2.34. The van der Waals surface area contributed by atoms with Gasteiger partial charge in [0.05, 0.1) is 0 Å². The molecule has 3 nitrogen and oxygen atoms in total. The SMILES string of the molecule is O=S(=O)(NCCCCCCI)c1sccc1Br. The zero-order valence-corrected chi connectivity index (χ0v) is 14.7. The van der Waals surface area contributed by atoms with Gasteiger partial charge in [-0.25, -0.2) is 13.1 Å². The largest absolute Gasteiger partial charge is 0.251 e. The summed E-state index contributed by atoms with van der Waals surface area (Å²) < 4.78 is 28.5. The molecule has 0 spiro atoms. The Hall–Kier alpha value is 0.820. The van der Waals surface area contributed by atoms with Crippen LogP contribution < -0.4 is 4.72 Å². The fourth-order valence-electron chi connectivity index (χ4n) is 1.32. The molecule has 0 amide bonds. The zero-order chi connectivity index (χ0) is 12.7. The first kappa shape index (κ1) is 15.9. The smallest absolute Gasteiger partial charge is 0.210 e. The fourth-order valence-corrected chi connectivity index (χ4v) is 5.31. The monoisotopic (exact) mass is 451 g/mol. The van der Waals surface area contributed by atoms with E-state index in [-0.39, 0.29) is 0 Å². The van der Waals surface area contributed by atoms with Crippen LogP contribution in [0.3, 0.4) is 0 Å². The molecule has 1 rings (SSSR count). The summed E-state index contributed by atoms with van der Waals surface area (Å²) >= 11 is 6.82. The minimum absolute atomic E-state index is 0.366. The predicted molar refractivity (Wildman–Crippen MR) is 84.6 cm³/mol. The van der Waals surface area contributed by atoms with Crippen molar-refractivity contribution < 1.29 is 8.42 Å². The van der Waals surface area contributed by atoms with Crippen LogP contribution in [0.25, 0.3) is 0 Å². The van der Waals surface area contributed by atoms with Gasteiger partial charge in [-0.3, -0.25) is 0 Å². The molecule has 7 heteroatoms. The zero-order valence-electron chi connectivity index (χ0n) is 9.29. The van der Waals surface area contributed by atoms with Crippen molar-refractivity contribution >= 4 is 59.9 Å². The molecular weight excluding hydrogens is 437 g/mol. The van der Waals surface area contributed by atoms with E-state index in [1.807, 2.05) is 0 Å². The van der Waals surface area contributed by atoms with E-state index in [4.69, 9.17) is 0 Å². The molecule has 0 aliphatic carbocycles. The Kier molecular flexibility index (Phi) is 7.55. The summed E-state index contributed by atoms with van der Waals surface area (Å²) in [5.74, 6) is 0. The Morgan fingerprint density at radius 2 is 2.00 bits per heavy atom. The van der Waals surface area contributed by atoms with E-state index >= 15 is 0 Å². The first-order valence-corrected chi connectivity index (χ1v) is 10.0. The van der Waals surface area contributed by atoms with Crippen LogP contribution in [0.4, 0.5) is 0 Å². The third kappa shape index (κ3) is 5.54. The molecule has 1 N–H and O–H groups in total. The van der Waals surface area contributed by atoms with Crippen molar-refractivity contribution in [2.75, 3.05) is 11.0 Å². The first-order valence-electron chi connectivity index (χ1n) is 5.36. The number of unbranched alkanes of at least 4 members (excludes halogenated alkanes) is 3. The summed E-state index contributed by atoms with van der Waals surface area (Å²) in [5.41, 5.74) is 0. The fraction of sp³-hybridized carbons (Fsp3) is 0.600. The molecule has 0 aliphatic heterocycles. The Morgan fingerprint density at radius 3 is 2.59 bits per heavy atom. The number of sulfonamides is 1. The first-order chi connectivity index (χ1) is 8.08. The van der Waals surface area contributed by atoms with Crippen LogP contribution in [-0.2, 0) is 10.0 Å². The summed E-state index contributed by atoms with van der Waals surface area (Å²) in [6.07, 6.45) is 4.37. The van der Waals surface area contributed by atoms with Crippen LogP contribution in [-0.4, -0.2) is 19.4 Å². The van der Waals surface area contributed by atoms with Crippen LogP contribution in [0.5, 0.6) is 0 Å². The minimum Gasteiger partial charge on any atom is -0.210 e. The summed E-state index contributed by atoms with van der Waals surface area (Å²) in [6, 6.07) is 1.75. The van der Waals surface area contributed by atoms with Gasteiger partial charge in [-0.05, 0) is 44.6 Å². The Labute approximate surface area is 129 Å². The third-order valence-electron chi connectivity index (χ3n) is 2.18. The van der Waals surface area contributed by atoms with Crippen molar-refractivity contribution in [3.8, 4) is 0 Å². The van der Waals surface area contributed by atoms with Gasteiger partial charge >= 0.3 is 0 Å². The average molecular weight is 452 g/mol.